The number of hydrogen-bond donors (Lipinski definition) is 1. The molecule has 3 aromatic rings. The Labute approximate surface area is 203 Å². The van der Waals surface area contributed by atoms with Crippen LogP contribution in [0.3, 0.4) is 0 Å². The number of carbonyl (C=O) groups is 3. The average molecular weight is 474 g/mol. The van der Waals surface area contributed by atoms with E-state index < -0.39 is 29.2 Å². The first-order chi connectivity index (χ1) is 16.8. The van der Waals surface area contributed by atoms with E-state index in [-0.39, 0.29) is 11.1 Å². The lowest BCUT2D eigenvalue weighted by Gasteiger charge is -2.39. The Morgan fingerprint density at radius 1 is 0.800 bits per heavy atom. The second kappa shape index (κ2) is 9.62. The molecule has 0 aromatic heterocycles. The highest BCUT2D eigenvalue weighted by atomic mass is 16.5. The number of carbonyl (C=O) groups excluding carboxylic acids is 2. The maximum Gasteiger partial charge on any atom is 0.327 e. The van der Waals surface area contributed by atoms with E-state index in [9.17, 15) is 19.5 Å². The van der Waals surface area contributed by atoms with Crippen molar-refractivity contribution in [1.29, 1.82) is 0 Å². The number of imide groups is 1. The van der Waals surface area contributed by atoms with Gasteiger partial charge in [-0.25, -0.2) is 4.79 Å². The van der Waals surface area contributed by atoms with Crippen LogP contribution in [0.4, 0.5) is 0 Å². The average Bonchev–Trinajstić information content (AvgIpc) is 3.10. The van der Waals surface area contributed by atoms with Gasteiger partial charge in [0.2, 0.25) is 0 Å². The van der Waals surface area contributed by atoms with Crippen molar-refractivity contribution in [3.05, 3.63) is 95.1 Å². The van der Waals surface area contributed by atoms with Gasteiger partial charge in [-0.2, -0.15) is 0 Å². The molecule has 1 atom stereocenters. The third kappa shape index (κ3) is 4.62. The predicted octanol–water partition coefficient (Wildman–Crippen LogP) is 4.24. The minimum Gasteiger partial charge on any atom is -0.497 e. The van der Waals surface area contributed by atoms with Crippen LogP contribution in [0.15, 0.2) is 72.8 Å². The molecule has 0 spiro atoms. The Bertz CT molecular complexity index is 1160. The van der Waals surface area contributed by atoms with Crippen molar-refractivity contribution in [2.75, 3.05) is 14.2 Å². The predicted molar refractivity (Wildman–Crippen MR) is 130 cm³/mol. The summed E-state index contributed by atoms with van der Waals surface area (Å²) < 4.78 is 10.5. The number of ether oxygens (including phenoxy) is 2. The molecule has 0 bridgehead atoms. The number of fused-ring (bicyclic) bond motifs is 1. The largest absolute Gasteiger partial charge is 0.497 e. The summed E-state index contributed by atoms with van der Waals surface area (Å²) in [6, 6.07) is 19.7. The Morgan fingerprint density at radius 2 is 1.20 bits per heavy atom. The molecular formula is C28H27NO6. The van der Waals surface area contributed by atoms with Crippen LogP contribution in [0.2, 0.25) is 0 Å². The van der Waals surface area contributed by atoms with Crippen molar-refractivity contribution >= 4 is 17.8 Å². The molecule has 0 aliphatic carbocycles. The molecular weight excluding hydrogens is 446 g/mol. The van der Waals surface area contributed by atoms with Gasteiger partial charge in [-0.05, 0) is 60.4 Å². The summed E-state index contributed by atoms with van der Waals surface area (Å²) >= 11 is 0. The maximum atomic E-state index is 13.3. The standard InChI is InChI=1S/C28H27NO6/c1-28(16-18-8-12-20(34-2)13-9-18,17-19-10-14-21(35-3)15-11-19)24(27(32)33)29-25(30)22-6-4-5-7-23(22)26(29)31/h4-15,24H,16-17H2,1-3H3,(H,32,33)/t24-/m1/s1. The van der Waals surface area contributed by atoms with E-state index in [0.29, 0.717) is 24.3 Å². The van der Waals surface area contributed by atoms with Crippen LogP contribution in [0.25, 0.3) is 0 Å². The van der Waals surface area contributed by atoms with Crippen LogP contribution in [-0.2, 0) is 17.6 Å². The molecule has 180 valence electrons. The Kier molecular flexibility index (Phi) is 6.60. The quantitative estimate of drug-likeness (QED) is 0.467. The van der Waals surface area contributed by atoms with Crippen molar-refractivity contribution in [3.8, 4) is 11.5 Å². The molecule has 1 heterocycles. The summed E-state index contributed by atoms with van der Waals surface area (Å²) in [6.45, 7) is 1.81. The summed E-state index contributed by atoms with van der Waals surface area (Å²) in [5.74, 6) is -1.05. The van der Waals surface area contributed by atoms with Gasteiger partial charge in [0.15, 0.2) is 0 Å². The molecule has 4 rings (SSSR count). The first-order valence-corrected chi connectivity index (χ1v) is 11.2. The second-order valence-electron chi connectivity index (χ2n) is 8.97. The lowest BCUT2D eigenvalue weighted by molar-refractivity contribution is -0.146. The number of carboxylic acid groups (broad SMARTS) is 1. The number of hydrogen-bond acceptors (Lipinski definition) is 5. The van der Waals surface area contributed by atoms with Crippen molar-refractivity contribution in [1.82, 2.24) is 4.90 Å². The van der Waals surface area contributed by atoms with Crippen molar-refractivity contribution < 1.29 is 29.0 Å². The topological polar surface area (TPSA) is 93.1 Å². The molecule has 0 saturated heterocycles. The fourth-order valence-electron chi connectivity index (χ4n) is 4.84. The molecule has 2 amide bonds. The van der Waals surface area contributed by atoms with Gasteiger partial charge in [-0.15, -0.1) is 0 Å². The summed E-state index contributed by atoms with van der Waals surface area (Å²) in [5, 5.41) is 10.4. The number of methoxy groups -OCH3 is 2. The van der Waals surface area contributed by atoms with Crippen molar-refractivity contribution in [2.24, 2.45) is 5.41 Å². The van der Waals surface area contributed by atoms with E-state index in [2.05, 4.69) is 0 Å². The smallest absolute Gasteiger partial charge is 0.327 e. The molecule has 7 nitrogen and oxygen atoms in total. The molecule has 0 saturated carbocycles. The highest BCUT2D eigenvalue weighted by Crippen LogP contribution is 2.38. The summed E-state index contributed by atoms with van der Waals surface area (Å²) in [7, 11) is 3.15. The van der Waals surface area contributed by atoms with Gasteiger partial charge in [0.05, 0.1) is 25.3 Å². The number of aliphatic carboxylic acids is 1. The fourth-order valence-corrected chi connectivity index (χ4v) is 4.84. The minimum atomic E-state index is -1.39. The van der Waals surface area contributed by atoms with E-state index in [0.717, 1.165) is 16.0 Å². The monoisotopic (exact) mass is 473 g/mol. The van der Waals surface area contributed by atoms with Crippen molar-refractivity contribution in [2.45, 2.75) is 25.8 Å². The Morgan fingerprint density at radius 3 is 1.54 bits per heavy atom. The van der Waals surface area contributed by atoms with Crippen LogP contribution in [0.5, 0.6) is 11.5 Å². The first-order valence-electron chi connectivity index (χ1n) is 11.2. The van der Waals surface area contributed by atoms with Gasteiger partial charge in [-0.3, -0.25) is 14.5 Å². The molecule has 3 aromatic carbocycles. The lowest BCUT2D eigenvalue weighted by atomic mass is 9.71. The van der Waals surface area contributed by atoms with E-state index in [1.54, 1.807) is 62.8 Å². The van der Waals surface area contributed by atoms with Gasteiger partial charge in [0.1, 0.15) is 17.5 Å². The summed E-state index contributed by atoms with van der Waals surface area (Å²) in [6.07, 6.45) is 0.626. The zero-order valence-electron chi connectivity index (χ0n) is 19.9. The van der Waals surface area contributed by atoms with Crippen LogP contribution in [-0.4, -0.2) is 48.1 Å². The first kappa shape index (κ1) is 24.0. The molecule has 0 fully saturated rings. The Hall–Kier alpha value is -4.13. The molecule has 0 unspecified atom stereocenters. The third-order valence-corrected chi connectivity index (χ3v) is 6.51. The lowest BCUT2D eigenvalue weighted by Crippen LogP contribution is -2.55. The van der Waals surface area contributed by atoms with E-state index in [1.807, 2.05) is 31.2 Å². The SMILES string of the molecule is COc1ccc(CC(C)(Cc2ccc(OC)cc2)[C@@H](C(=O)O)N2C(=O)c3ccccc3C2=O)cc1. The summed E-state index contributed by atoms with van der Waals surface area (Å²) in [5.41, 5.74) is 1.15. The van der Waals surface area contributed by atoms with Gasteiger partial charge < -0.3 is 14.6 Å². The van der Waals surface area contributed by atoms with Crippen LogP contribution in [0.1, 0.15) is 38.8 Å². The minimum absolute atomic E-state index is 0.222. The molecule has 1 aliphatic rings. The molecule has 1 N–H and O–H groups in total. The van der Waals surface area contributed by atoms with Crippen LogP contribution in [0, 0.1) is 5.41 Å². The number of amides is 2. The number of benzene rings is 3. The molecule has 35 heavy (non-hydrogen) atoms. The highest BCUT2D eigenvalue weighted by Gasteiger charge is 2.51. The van der Waals surface area contributed by atoms with Crippen LogP contribution < -0.4 is 9.47 Å². The number of rotatable bonds is 9. The van der Waals surface area contributed by atoms with E-state index in [1.165, 1.54) is 0 Å². The zero-order valence-corrected chi connectivity index (χ0v) is 19.9. The molecule has 7 heteroatoms. The van der Waals surface area contributed by atoms with Gasteiger partial charge >= 0.3 is 5.97 Å². The van der Waals surface area contributed by atoms with E-state index >= 15 is 0 Å². The third-order valence-electron chi connectivity index (χ3n) is 6.51. The van der Waals surface area contributed by atoms with Crippen molar-refractivity contribution in [3.63, 3.8) is 0 Å². The maximum absolute atomic E-state index is 13.3. The van der Waals surface area contributed by atoms with Gasteiger partial charge in [-0.1, -0.05) is 43.3 Å². The summed E-state index contributed by atoms with van der Waals surface area (Å²) in [4.78, 5) is 40.2. The highest BCUT2D eigenvalue weighted by molar-refractivity contribution is 6.22. The second-order valence-corrected chi connectivity index (χ2v) is 8.97. The number of carboxylic acids is 1. The number of nitrogens with zero attached hydrogens (tertiary/aromatic N) is 1. The van der Waals surface area contributed by atoms with Gasteiger partial charge in [0, 0.05) is 5.41 Å². The normalized spacial score (nSPS) is 14.0. The fraction of sp³-hybridized carbons (Fsp3) is 0.250. The van der Waals surface area contributed by atoms with Crippen LogP contribution >= 0.6 is 0 Å². The molecule has 0 radical (unpaired) electrons. The zero-order chi connectivity index (χ0) is 25.2. The van der Waals surface area contributed by atoms with E-state index in [4.69, 9.17) is 9.47 Å². The van der Waals surface area contributed by atoms with Gasteiger partial charge in [0.25, 0.3) is 11.8 Å². The Balaban J connectivity index is 1.78. The molecule has 1 aliphatic heterocycles.